The van der Waals surface area contributed by atoms with Crippen LogP contribution in [0.4, 0.5) is 4.39 Å². The van der Waals surface area contributed by atoms with Crippen LogP contribution in [0.5, 0.6) is 0 Å². The topological polar surface area (TPSA) is 0 Å². The Hall–Kier alpha value is -0.190. The van der Waals surface area contributed by atoms with Gasteiger partial charge in [-0.2, -0.15) is 0 Å². The first-order valence-corrected chi connectivity index (χ1v) is 9.72. The van der Waals surface area contributed by atoms with Gasteiger partial charge >= 0.3 is 0 Å². The number of halogens is 4. The van der Waals surface area contributed by atoms with Crippen molar-refractivity contribution in [3.63, 3.8) is 0 Å². The molecule has 0 aliphatic carbocycles. The molecule has 0 amide bonds. The highest BCUT2D eigenvalue weighted by molar-refractivity contribution is 9.10. The summed E-state index contributed by atoms with van der Waals surface area (Å²) in [5.41, 5.74) is 2.31. The lowest BCUT2D eigenvalue weighted by Gasteiger charge is -2.31. The van der Waals surface area contributed by atoms with Crippen molar-refractivity contribution in [2.24, 2.45) is 5.41 Å². The minimum atomic E-state index is -0.189. The van der Waals surface area contributed by atoms with Gasteiger partial charge in [-0.3, -0.25) is 0 Å². The predicted octanol–water partition coefficient (Wildman–Crippen LogP) is 6.15. The summed E-state index contributed by atoms with van der Waals surface area (Å²) in [5.74, 6) is -0.189. The number of benzene rings is 2. The van der Waals surface area contributed by atoms with Gasteiger partial charge in [0.15, 0.2) is 0 Å². The van der Waals surface area contributed by atoms with Crippen LogP contribution in [0, 0.1) is 11.2 Å². The van der Waals surface area contributed by atoms with Gasteiger partial charge in [0.1, 0.15) is 5.82 Å². The molecule has 0 heterocycles. The average molecular weight is 479 g/mol. The van der Waals surface area contributed by atoms with Crippen LogP contribution in [0.15, 0.2) is 53.0 Å². The van der Waals surface area contributed by atoms with E-state index in [-0.39, 0.29) is 11.2 Å². The lowest BCUT2D eigenvalue weighted by molar-refractivity contribution is 0.384. The molecule has 0 atom stereocenters. The van der Waals surface area contributed by atoms with Crippen molar-refractivity contribution in [3.8, 4) is 0 Å². The molecular weight excluding hydrogens is 463 g/mol. The Morgan fingerprint density at radius 2 is 1.57 bits per heavy atom. The first-order valence-electron chi connectivity index (χ1n) is 6.68. The maximum atomic E-state index is 13.5. The molecule has 2 aromatic rings. The molecule has 0 nitrogen and oxygen atoms in total. The Bertz CT molecular complexity index is 580. The predicted molar refractivity (Wildman–Crippen MR) is 98.0 cm³/mol. The van der Waals surface area contributed by atoms with Crippen molar-refractivity contribution in [2.75, 3.05) is 10.7 Å². The quantitative estimate of drug-likeness (QED) is 0.437. The summed E-state index contributed by atoms with van der Waals surface area (Å²) >= 11 is 10.8. The van der Waals surface area contributed by atoms with E-state index in [9.17, 15) is 4.39 Å². The van der Waals surface area contributed by atoms with Gasteiger partial charge in [-0.15, -0.1) is 0 Å². The summed E-state index contributed by atoms with van der Waals surface area (Å²) in [6.07, 6.45) is 1.74. The van der Waals surface area contributed by atoms with Gasteiger partial charge < -0.3 is 0 Å². The van der Waals surface area contributed by atoms with Gasteiger partial charge in [0.05, 0.1) is 0 Å². The van der Waals surface area contributed by atoms with Gasteiger partial charge in [0.25, 0.3) is 0 Å². The summed E-state index contributed by atoms with van der Waals surface area (Å²) in [5, 5.41) is 1.70. The Kier molecular flexibility index (Phi) is 6.45. The third-order valence-corrected chi connectivity index (χ3v) is 6.71. The van der Waals surface area contributed by atoms with Gasteiger partial charge in [-0.1, -0.05) is 78.1 Å². The summed E-state index contributed by atoms with van der Waals surface area (Å²) in [7, 11) is 0. The highest BCUT2D eigenvalue weighted by Gasteiger charge is 2.29. The zero-order valence-electron chi connectivity index (χ0n) is 11.5. The van der Waals surface area contributed by atoms with E-state index < -0.39 is 0 Å². The van der Waals surface area contributed by atoms with E-state index in [1.807, 2.05) is 6.07 Å². The fourth-order valence-corrected chi connectivity index (χ4v) is 4.51. The average Bonchev–Trinajstić information content (AvgIpc) is 2.51. The van der Waals surface area contributed by atoms with Crippen LogP contribution in [-0.2, 0) is 12.8 Å². The monoisotopic (exact) mass is 476 g/mol. The molecule has 0 radical (unpaired) electrons. The Morgan fingerprint density at radius 1 is 0.905 bits per heavy atom. The number of hydrogen-bond acceptors (Lipinski definition) is 0. The van der Waals surface area contributed by atoms with Crippen LogP contribution in [0.2, 0.25) is 0 Å². The minimum Gasteiger partial charge on any atom is -0.207 e. The molecule has 0 aliphatic heterocycles. The molecule has 0 spiro atoms. The highest BCUT2D eigenvalue weighted by Crippen LogP contribution is 2.34. The second kappa shape index (κ2) is 7.89. The van der Waals surface area contributed by atoms with E-state index in [0.717, 1.165) is 33.5 Å². The molecule has 0 saturated heterocycles. The van der Waals surface area contributed by atoms with E-state index in [0.29, 0.717) is 0 Å². The van der Waals surface area contributed by atoms with Crippen LogP contribution >= 0.6 is 47.8 Å². The SMILES string of the molecule is Fc1ccc(Br)c(CC(CBr)(CBr)Cc2ccccc2)c1. The molecule has 2 aromatic carbocycles. The summed E-state index contributed by atoms with van der Waals surface area (Å²) in [4.78, 5) is 0. The van der Waals surface area contributed by atoms with Crippen LogP contribution in [0.25, 0.3) is 0 Å². The minimum absolute atomic E-state index is 0.0116. The van der Waals surface area contributed by atoms with Crippen LogP contribution in [-0.4, -0.2) is 10.7 Å². The number of alkyl halides is 2. The van der Waals surface area contributed by atoms with Crippen molar-refractivity contribution in [1.29, 1.82) is 0 Å². The summed E-state index contributed by atoms with van der Waals surface area (Å²) < 4.78 is 14.5. The molecule has 21 heavy (non-hydrogen) atoms. The molecule has 0 bridgehead atoms. The van der Waals surface area contributed by atoms with Crippen molar-refractivity contribution >= 4 is 47.8 Å². The van der Waals surface area contributed by atoms with E-state index in [4.69, 9.17) is 0 Å². The van der Waals surface area contributed by atoms with Gasteiger partial charge in [0.2, 0.25) is 0 Å². The molecule has 0 N–H and O–H groups in total. The smallest absolute Gasteiger partial charge is 0.123 e. The van der Waals surface area contributed by atoms with Crippen molar-refractivity contribution in [3.05, 3.63) is 69.9 Å². The first kappa shape index (κ1) is 17.2. The van der Waals surface area contributed by atoms with E-state index >= 15 is 0 Å². The Morgan fingerprint density at radius 3 is 2.19 bits per heavy atom. The fourth-order valence-electron chi connectivity index (χ4n) is 2.40. The first-order chi connectivity index (χ1) is 10.1. The van der Waals surface area contributed by atoms with E-state index in [1.165, 1.54) is 11.6 Å². The largest absolute Gasteiger partial charge is 0.207 e. The molecule has 2 rings (SSSR count). The standard InChI is InChI=1S/C17H16Br3F/c18-11-17(12-19,9-13-4-2-1-3-5-13)10-14-8-15(21)6-7-16(14)20/h1-8H,9-12H2. The van der Waals surface area contributed by atoms with Gasteiger partial charge in [-0.05, 0) is 47.6 Å². The van der Waals surface area contributed by atoms with E-state index in [1.54, 1.807) is 12.1 Å². The molecular formula is C17H16Br3F. The maximum Gasteiger partial charge on any atom is 0.123 e. The van der Waals surface area contributed by atoms with E-state index in [2.05, 4.69) is 72.1 Å². The number of hydrogen-bond donors (Lipinski definition) is 0. The third-order valence-electron chi connectivity index (χ3n) is 3.56. The van der Waals surface area contributed by atoms with Gasteiger partial charge in [0, 0.05) is 15.1 Å². The normalized spacial score (nSPS) is 11.6. The van der Waals surface area contributed by atoms with Crippen molar-refractivity contribution in [2.45, 2.75) is 12.8 Å². The third kappa shape index (κ3) is 4.64. The second-order valence-electron chi connectivity index (χ2n) is 5.34. The zero-order chi connectivity index (χ0) is 15.3. The molecule has 0 unspecified atom stereocenters. The molecule has 0 saturated carbocycles. The van der Waals surface area contributed by atoms with Crippen LogP contribution < -0.4 is 0 Å². The lowest BCUT2D eigenvalue weighted by atomic mass is 9.80. The Labute approximate surface area is 150 Å². The highest BCUT2D eigenvalue weighted by atomic mass is 79.9. The maximum absolute atomic E-state index is 13.5. The molecule has 0 fully saturated rings. The van der Waals surface area contributed by atoms with Crippen molar-refractivity contribution in [1.82, 2.24) is 0 Å². The second-order valence-corrected chi connectivity index (χ2v) is 7.32. The molecule has 4 heteroatoms. The van der Waals surface area contributed by atoms with Crippen LogP contribution in [0.3, 0.4) is 0 Å². The van der Waals surface area contributed by atoms with Crippen LogP contribution in [0.1, 0.15) is 11.1 Å². The fraction of sp³-hybridized carbons (Fsp3) is 0.294. The van der Waals surface area contributed by atoms with Crippen molar-refractivity contribution < 1.29 is 4.39 Å². The molecule has 0 aromatic heterocycles. The Balaban J connectivity index is 2.27. The molecule has 0 aliphatic rings. The number of rotatable bonds is 6. The van der Waals surface area contributed by atoms with Gasteiger partial charge in [-0.25, -0.2) is 4.39 Å². The zero-order valence-corrected chi connectivity index (χ0v) is 16.2. The summed E-state index contributed by atoms with van der Waals surface area (Å²) in [6.45, 7) is 0. The molecule has 112 valence electrons. The summed E-state index contributed by atoms with van der Waals surface area (Å²) in [6, 6.07) is 15.3. The lowest BCUT2D eigenvalue weighted by Crippen LogP contribution is -2.30.